The van der Waals surface area contributed by atoms with E-state index in [0.29, 0.717) is 55.9 Å². The highest BCUT2D eigenvalue weighted by atomic mass is 35.5. The van der Waals surface area contributed by atoms with Crippen LogP contribution in [0, 0.1) is 0 Å². The van der Waals surface area contributed by atoms with E-state index < -0.39 is 37.6 Å². The maximum Gasteiger partial charge on any atom is 0.262 e. The highest BCUT2D eigenvalue weighted by Gasteiger charge is 2.55. The smallest absolute Gasteiger partial charge is 0.262 e. The molecule has 276 valence electrons. The van der Waals surface area contributed by atoms with Crippen molar-refractivity contribution < 1.29 is 26.4 Å². The third-order valence-electron chi connectivity index (χ3n) is 9.71. The van der Waals surface area contributed by atoms with Crippen LogP contribution in [0.5, 0.6) is 5.75 Å². The molecule has 0 aromatic heterocycles. The van der Waals surface area contributed by atoms with Gasteiger partial charge in [0.05, 0.1) is 29.5 Å². The van der Waals surface area contributed by atoms with Gasteiger partial charge in [0.25, 0.3) is 5.91 Å². The second kappa shape index (κ2) is 15.5. The minimum Gasteiger partial charge on any atom is -0.493 e. The Labute approximate surface area is 315 Å². The molecule has 0 aliphatic carbocycles. The molecule has 2 N–H and O–H groups in total. The number of piperazine rings is 1. The third-order valence-corrected chi connectivity index (χ3v) is 13.5. The molecule has 0 radical (unpaired) electrons. The van der Waals surface area contributed by atoms with E-state index in [1.807, 2.05) is 29.2 Å². The lowest BCUT2D eigenvalue weighted by molar-refractivity contribution is -0.141. The van der Waals surface area contributed by atoms with Crippen LogP contribution in [-0.2, 0) is 30.3 Å². The number of ether oxygens (including phenoxy) is 1. The maximum atomic E-state index is 15.3. The molecule has 11 nitrogen and oxygen atoms in total. The molecule has 0 spiro atoms. The first-order chi connectivity index (χ1) is 24.2. The molecule has 1 amide bonds. The van der Waals surface area contributed by atoms with Crippen LogP contribution in [0.4, 0.5) is 0 Å². The zero-order valence-corrected chi connectivity index (χ0v) is 32.3. The second-order valence-electron chi connectivity index (χ2n) is 13.2. The zero-order valence-electron chi connectivity index (χ0n) is 28.4. The number of sulfone groups is 1. The Hall–Kier alpha value is -2.46. The van der Waals surface area contributed by atoms with Crippen LogP contribution < -0.4 is 15.4 Å². The maximum absolute atomic E-state index is 15.3. The summed E-state index contributed by atoms with van der Waals surface area (Å²) in [6.45, 7) is 4.72. The molecule has 3 aromatic carbocycles. The SMILES string of the molecule is CCOc1cc(Cl)c(S(=O)(=O)N2CCCC2)cc1C1(C(=O)N2CCN(CCS(C)(=O)=O)CC2)N[C@H](c2ccc(Cl)cc2)[C@H](c2ccc(Cl)cc2)N1. The van der Waals surface area contributed by atoms with Crippen LogP contribution >= 0.6 is 34.8 Å². The minimum atomic E-state index is -4.02. The first kappa shape index (κ1) is 38.3. The van der Waals surface area contributed by atoms with Crippen LogP contribution in [-0.4, -0.2) is 101 Å². The molecule has 16 heteroatoms. The van der Waals surface area contributed by atoms with Crippen molar-refractivity contribution in [2.24, 2.45) is 0 Å². The normalized spacial score (nSPS) is 23.5. The van der Waals surface area contributed by atoms with Gasteiger partial charge in [-0.2, -0.15) is 4.31 Å². The average Bonchev–Trinajstić information content (AvgIpc) is 3.79. The molecule has 0 saturated carbocycles. The molecule has 1 unspecified atom stereocenters. The van der Waals surface area contributed by atoms with Crippen molar-refractivity contribution in [3.8, 4) is 5.75 Å². The van der Waals surface area contributed by atoms with Gasteiger partial charge in [-0.1, -0.05) is 59.1 Å². The highest BCUT2D eigenvalue weighted by Crippen LogP contribution is 2.46. The number of hydrogen-bond acceptors (Lipinski definition) is 9. The summed E-state index contributed by atoms with van der Waals surface area (Å²) in [5.41, 5.74) is 0.257. The lowest BCUT2D eigenvalue weighted by atomic mass is 9.95. The van der Waals surface area contributed by atoms with Crippen molar-refractivity contribution in [2.75, 3.05) is 64.4 Å². The second-order valence-corrected chi connectivity index (χ2v) is 18.6. The van der Waals surface area contributed by atoms with Crippen molar-refractivity contribution >= 4 is 60.6 Å². The van der Waals surface area contributed by atoms with E-state index in [9.17, 15) is 16.8 Å². The number of sulfonamides is 1. The fraction of sp³-hybridized carbons (Fsp3) is 0.457. The van der Waals surface area contributed by atoms with Gasteiger partial charge in [-0.3, -0.25) is 20.3 Å². The number of halogens is 3. The Bertz CT molecular complexity index is 1900. The number of benzene rings is 3. The van der Waals surface area contributed by atoms with Crippen molar-refractivity contribution in [1.82, 2.24) is 24.7 Å². The highest BCUT2D eigenvalue weighted by molar-refractivity contribution is 7.90. The summed E-state index contributed by atoms with van der Waals surface area (Å²) in [4.78, 5) is 18.9. The molecule has 6 rings (SSSR count). The summed E-state index contributed by atoms with van der Waals surface area (Å²) in [6, 6.07) is 16.6. The summed E-state index contributed by atoms with van der Waals surface area (Å²) in [5.74, 6) is -0.0563. The van der Waals surface area contributed by atoms with Gasteiger partial charge in [0.15, 0.2) is 5.66 Å². The Balaban J connectivity index is 1.50. The Morgan fingerprint density at radius 1 is 0.824 bits per heavy atom. The molecule has 51 heavy (non-hydrogen) atoms. The van der Waals surface area contributed by atoms with E-state index >= 15 is 4.79 Å². The van der Waals surface area contributed by atoms with E-state index in [4.69, 9.17) is 39.5 Å². The fourth-order valence-electron chi connectivity index (χ4n) is 7.04. The van der Waals surface area contributed by atoms with Gasteiger partial charge >= 0.3 is 0 Å². The van der Waals surface area contributed by atoms with Crippen molar-refractivity contribution in [3.63, 3.8) is 0 Å². The van der Waals surface area contributed by atoms with E-state index in [1.54, 1.807) is 36.1 Å². The number of nitrogens with zero attached hydrogens (tertiary/aromatic N) is 3. The lowest BCUT2D eigenvalue weighted by Gasteiger charge is -2.41. The van der Waals surface area contributed by atoms with Gasteiger partial charge in [-0.25, -0.2) is 16.8 Å². The van der Waals surface area contributed by atoms with Crippen LogP contribution in [0.15, 0.2) is 65.6 Å². The van der Waals surface area contributed by atoms with Gasteiger partial charge in [0, 0.05) is 73.7 Å². The largest absolute Gasteiger partial charge is 0.493 e. The minimum absolute atomic E-state index is 0.00214. The van der Waals surface area contributed by atoms with E-state index in [1.165, 1.54) is 22.7 Å². The summed E-state index contributed by atoms with van der Waals surface area (Å²) in [7, 11) is -7.17. The summed E-state index contributed by atoms with van der Waals surface area (Å²) in [6.07, 6.45) is 2.70. The summed E-state index contributed by atoms with van der Waals surface area (Å²) >= 11 is 19.3. The predicted molar refractivity (Wildman–Crippen MR) is 200 cm³/mol. The molecule has 3 fully saturated rings. The first-order valence-electron chi connectivity index (χ1n) is 16.9. The van der Waals surface area contributed by atoms with Crippen molar-refractivity contribution in [2.45, 2.75) is 42.4 Å². The van der Waals surface area contributed by atoms with Crippen LogP contribution in [0.25, 0.3) is 0 Å². The third kappa shape index (κ3) is 8.22. The predicted octanol–water partition coefficient (Wildman–Crippen LogP) is 4.85. The number of rotatable bonds is 11. The average molecular weight is 799 g/mol. The van der Waals surface area contributed by atoms with Gasteiger partial charge < -0.3 is 9.64 Å². The van der Waals surface area contributed by atoms with Gasteiger partial charge in [-0.05, 0) is 61.2 Å². The van der Waals surface area contributed by atoms with Crippen LogP contribution in [0.3, 0.4) is 0 Å². The molecule has 3 aliphatic rings. The van der Waals surface area contributed by atoms with Gasteiger partial charge in [0.1, 0.15) is 20.5 Å². The number of hydrogen-bond donors (Lipinski definition) is 2. The topological polar surface area (TPSA) is 128 Å². The van der Waals surface area contributed by atoms with E-state index in [0.717, 1.165) is 24.0 Å². The molecular formula is C35H42Cl3N5O6S2. The number of carbonyl (C=O) groups excluding carboxylic acids is 1. The quantitative estimate of drug-likeness (QED) is 0.280. The van der Waals surface area contributed by atoms with Crippen molar-refractivity contribution in [1.29, 1.82) is 0 Å². The number of carbonyl (C=O) groups is 1. The molecule has 0 bridgehead atoms. The standard InChI is InChI=1S/C35H42Cl3N5O6S2/c1-3-49-30-23-29(38)31(51(47,48)43-14-4-5-15-43)22-28(30)35(34(44)42-18-16-41(17-19-42)20-21-50(2,45)46)39-32(24-6-10-26(36)11-7-24)33(40-35)25-8-12-27(37)13-9-25/h6-13,22-23,32-33,39-40H,3-5,14-21H2,1-2H3/t32-,33+,35?. The van der Waals surface area contributed by atoms with E-state index in [2.05, 4.69) is 10.6 Å². The molecule has 3 aliphatic heterocycles. The Kier molecular flexibility index (Phi) is 11.6. The molecule has 3 heterocycles. The van der Waals surface area contributed by atoms with Gasteiger partial charge in [-0.15, -0.1) is 0 Å². The van der Waals surface area contributed by atoms with Gasteiger partial charge in [0.2, 0.25) is 10.0 Å². The van der Waals surface area contributed by atoms with Crippen LogP contribution in [0.1, 0.15) is 48.5 Å². The number of nitrogens with one attached hydrogen (secondary N) is 2. The first-order valence-corrected chi connectivity index (χ1v) is 21.6. The van der Waals surface area contributed by atoms with Crippen LogP contribution in [0.2, 0.25) is 15.1 Å². The molecular weight excluding hydrogens is 757 g/mol. The molecule has 3 atom stereocenters. The lowest BCUT2D eigenvalue weighted by Crippen LogP contribution is -2.62. The fourth-order valence-corrected chi connectivity index (χ4v) is 9.91. The molecule has 3 saturated heterocycles. The Morgan fingerprint density at radius 3 is 1.84 bits per heavy atom. The van der Waals surface area contributed by atoms with E-state index in [-0.39, 0.29) is 39.5 Å². The zero-order chi connectivity index (χ0) is 36.6. The molecule has 3 aromatic rings. The Morgan fingerprint density at radius 2 is 1.35 bits per heavy atom. The number of amides is 1. The summed E-state index contributed by atoms with van der Waals surface area (Å²) in [5, 5.41) is 8.38. The summed E-state index contributed by atoms with van der Waals surface area (Å²) < 4.78 is 59.4. The van der Waals surface area contributed by atoms with Crippen molar-refractivity contribution in [3.05, 3.63) is 92.4 Å². The monoisotopic (exact) mass is 797 g/mol.